The van der Waals surface area contributed by atoms with Crippen molar-refractivity contribution < 1.29 is 23.1 Å². The van der Waals surface area contributed by atoms with Gasteiger partial charge in [0.25, 0.3) is 5.91 Å². The predicted molar refractivity (Wildman–Crippen MR) is 58.3 cm³/mol. The number of carbonyl (C=O) groups is 1. The molecule has 0 spiro atoms. The lowest BCUT2D eigenvalue weighted by Crippen LogP contribution is -2.40. The molecular weight excluding hydrogens is 271 g/mol. The van der Waals surface area contributed by atoms with Crippen LogP contribution in [0.3, 0.4) is 0 Å². The molecular formula is C9H12F3N3O2S. The van der Waals surface area contributed by atoms with Crippen LogP contribution in [0.1, 0.15) is 28.7 Å². The minimum atomic E-state index is -4.74. The Morgan fingerprint density at radius 1 is 1.56 bits per heavy atom. The monoisotopic (exact) mass is 283 g/mol. The smallest absolute Gasteiger partial charge is 0.382 e. The number of amides is 1. The number of aryl methyl sites for hydroxylation is 1. The minimum Gasteiger partial charge on any atom is -0.382 e. The molecule has 0 radical (unpaired) electrons. The third-order valence-corrected chi connectivity index (χ3v) is 2.85. The molecule has 1 aromatic rings. The fourth-order valence-electron chi connectivity index (χ4n) is 1.17. The average molecular weight is 283 g/mol. The fraction of sp³-hybridized carbons (Fsp3) is 0.667. The van der Waals surface area contributed by atoms with Crippen LogP contribution in [-0.4, -0.2) is 39.4 Å². The van der Waals surface area contributed by atoms with Crippen molar-refractivity contribution in [1.29, 1.82) is 0 Å². The summed E-state index contributed by atoms with van der Waals surface area (Å²) in [6, 6.07) is 0. The summed E-state index contributed by atoms with van der Waals surface area (Å²) in [4.78, 5) is 11.8. The molecule has 18 heavy (non-hydrogen) atoms. The maximum atomic E-state index is 12.0. The Bertz CT molecular complexity index is 408. The molecule has 0 aliphatic carbocycles. The van der Waals surface area contributed by atoms with Crippen LogP contribution in [0.2, 0.25) is 0 Å². The number of alkyl halides is 3. The van der Waals surface area contributed by atoms with Crippen molar-refractivity contribution in [1.82, 2.24) is 14.9 Å². The summed E-state index contributed by atoms with van der Waals surface area (Å²) in [6.07, 6.45) is -6.04. The number of hydrogen-bond donors (Lipinski definition) is 2. The zero-order valence-electron chi connectivity index (χ0n) is 9.49. The highest BCUT2D eigenvalue weighted by Crippen LogP contribution is 2.19. The van der Waals surface area contributed by atoms with Gasteiger partial charge < -0.3 is 10.4 Å². The first-order valence-electron chi connectivity index (χ1n) is 5.20. The molecule has 0 aliphatic rings. The number of carbonyl (C=O) groups excluding carboxylic acids is 1. The number of hydrogen-bond acceptors (Lipinski definition) is 5. The van der Waals surface area contributed by atoms with Crippen molar-refractivity contribution in [2.45, 2.75) is 32.0 Å². The number of rotatable bonds is 5. The van der Waals surface area contributed by atoms with Gasteiger partial charge in [-0.1, -0.05) is 17.8 Å². The second-order valence-corrected chi connectivity index (χ2v) is 4.32. The van der Waals surface area contributed by atoms with Gasteiger partial charge in [-0.05, 0) is 18.0 Å². The van der Waals surface area contributed by atoms with Crippen LogP contribution in [0.25, 0.3) is 0 Å². The molecule has 0 saturated heterocycles. The zero-order valence-corrected chi connectivity index (χ0v) is 10.3. The Morgan fingerprint density at radius 3 is 2.78 bits per heavy atom. The largest absolute Gasteiger partial charge is 0.416 e. The highest BCUT2D eigenvalue weighted by atomic mass is 32.1. The first kappa shape index (κ1) is 14.8. The van der Waals surface area contributed by atoms with Gasteiger partial charge in [-0.25, -0.2) is 0 Å². The van der Waals surface area contributed by atoms with Crippen LogP contribution in [0.4, 0.5) is 13.2 Å². The second kappa shape index (κ2) is 6.10. The lowest BCUT2D eigenvalue weighted by molar-refractivity contribution is -0.201. The summed E-state index contributed by atoms with van der Waals surface area (Å²) in [5.41, 5.74) is 0.460. The lowest BCUT2D eigenvalue weighted by Gasteiger charge is -2.14. The highest BCUT2D eigenvalue weighted by molar-refractivity contribution is 7.08. The summed E-state index contributed by atoms with van der Waals surface area (Å²) >= 11 is 0.821. The summed E-state index contributed by atoms with van der Waals surface area (Å²) in [6.45, 7) is 1.00. The van der Waals surface area contributed by atoms with Crippen LogP contribution in [0.15, 0.2) is 0 Å². The molecule has 1 rings (SSSR count). The number of halogens is 3. The van der Waals surface area contributed by atoms with Gasteiger partial charge in [0.1, 0.15) is 4.88 Å². The molecule has 0 saturated carbocycles. The van der Waals surface area contributed by atoms with E-state index in [-0.39, 0.29) is 4.88 Å². The zero-order chi connectivity index (χ0) is 13.8. The maximum Gasteiger partial charge on any atom is 0.416 e. The Balaban J connectivity index is 2.58. The summed E-state index contributed by atoms with van der Waals surface area (Å²) in [5.74, 6) is -0.697. The standard InChI is InChI=1S/C9H12F3N3O2S/c1-2-3-5-7(18-15-14-5)8(17)13-4-6(16)9(10,11)12/h6,16H,2-4H2,1H3,(H,13,17). The maximum absolute atomic E-state index is 12.0. The molecule has 0 aliphatic heterocycles. The molecule has 0 bridgehead atoms. The molecule has 1 heterocycles. The van der Waals surface area contributed by atoms with Gasteiger partial charge in [-0.15, -0.1) is 5.10 Å². The van der Waals surface area contributed by atoms with E-state index in [4.69, 9.17) is 5.11 Å². The fourth-order valence-corrected chi connectivity index (χ4v) is 1.79. The third kappa shape index (κ3) is 3.91. The van der Waals surface area contributed by atoms with Crippen molar-refractivity contribution in [3.05, 3.63) is 10.6 Å². The SMILES string of the molecule is CCCc1nnsc1C(=O)NCC(O)C(F)(F)F. The van der Waals surface area contributed by atoms with E-state index < -0.39 is 24.7 Å². The molecule has 9 heteroatoms. The van der Waals surface area contributed by atoms with Crippen molar-refractivity contribution in [3.8, 4) is 0 Å². The average Bonchev–Trinajstić information content (AvgIpc) is 2.72. The van der Waals surface area contributed by atoms with E-state index in [1.54, 1.807) is 0 Å². The van der Waals surface area contributed by atoms with E-state index in [1.165, 1.54) is 0 Å². The highest BCUT2D eigenvalue weighted by Gasteiger charge is 2.38. The van der Waals surface area contributed by atoms with Gasteiger partial charge in [0.2, 0.25) is 0 Å². The van der Waals surface area contributed by atoms with Crippen LogP contribution in [-0.2, 0) is 6.42 Å². The van der Waals surface area contributed by atoms with Crippen LogP contribution in [0, 0.1) is 0 Å². The van der Waals surface area contributed by atoms with Crippen LogP contribution >= 0.6 is 11.5 Å². The second-order valence-electron chi connectivity index (χ2n) is 3.57. The van der Waals surface area contributed by atoms with E-state index in [0.717, 1.165) is 18.0 Å². The van der Waals surface area contributed by atoms with Crippen molar-refractivity contribution in [2.24, 2.45) is 0 Å². The number of aliphatic hydroxyl groups excluding tert-OH is 1. The van der Waals surface area contributed by atoms with Gasteiger partial charge in [0.05, 0.1) is 12.2 Å². The first-order chi connectivity index (χ1) is 8.36. The lowest BCUT2D eigenvalue weighted by atomic mass is 10.2. The van der Waals surface area contributed by atoms with E-state index in [0.29, 0.717) is 12.1 Å². The van der Waals surface area contributed by atoms with Gasteiger partial charge in [-0.2, -0.15) is 13.2 Å². The van der Waals surface area contributed by atoms with Crippen molar-refractivity contribution >= 4 is 17.4 Å². The van der Waals surface area contributed by atoms with Crippen LogP contribution < -0.4 is 5.32 Å². The summed E-state index contributed by atoms with van der Waals surface area (Å²) in [7, 11) is 0. The Kier molecular flexibility index (Phi) is 5.03. The molecule has 2 N–H and O–H groups in total. The van der Waals surface area contributed by atoms with E-state index in [9.17, 15) is 18.0 Å². The van der Waals surface area contributed by atoms with Gasteiger partial charge in [-0.3, -0.25) is 4.79 Å². The van der Waals surface area contributed by atoms with Crippen molar-refractivity contribution in [3.63, 3.8) is 0 Å². The minimum absolute atomic E-state index is 0.186. The topological polar surface area (TPSA) is 75.1 Å². The Hall–Kier alpha value is -1.22. The van der Waals surface area contributed by atoms with E-state index >= 15 is 0 Å². The summed E-state index contributed by atoms with van der Waals surface area (Å²) < 4.78 is 39.6. The third-order valence-electron chi connectivity index (χ3n) is 2.08. The molecule has 5 nitrogen and oxygen atoms in total. The number of aliphatic hydroxyl groups is 1. The molecule has 102 valence electrons. The normalized spacial score (nSPS) is 13.4. The summed E-state index contributed by atoms with van der Waals surface area (Å²) in [5, 5.41) is 14.5. The quantitative estimate of drug-likeness (QED) is 0.850. The Labute approximate surface area is 105 Å². The number of aromatic nitrogens is 2. The molecule has 0 aromatic carbocycles. The molecule has 1 atom stereocenters. The molecule has 1 amide bonds. The first-order valence-corrected chi connectivity index (χ1v) is 5.97. The number of nitrogens with zero attached hydrogens (tertiary/aromatic N) is 2. The number of nitrogens with one attached hydrogen (secondary N) is 1. The van der Waals surface area contributed by atoms with Crippen molar-refractivity contribution in [2.75, 3.05) is 6.54 Å². The van der Waals surface area contributed by atoms with Crippen LogP contribution in [0.5, 0.6) is 0 Å². The van der Waals surface area contributed by atoms with Gasteiger partial charge >= 0.3 is 6.18 Å². The van der Waals surface area contributed by atoms with E-state index in [2.05, 4.69) is 9.59 Å². The van der Waals surface area contributed by atoms with Gasteiger partial charge in [0, 0.05) is 0 Å². The molecule has 1 unspecified atom stereocenters. The Morgan fingerprint density at radius 2 is 2.22 bits per heavy atom. The molecule has 1 aromatic heterocycles. The van der Waals surface area contributed by atoms with Gasteiger partial charge in [0.15, 0.2) is 6.10 Å². The predicted octanol–water partition coefficient (Wildman–Crippen LogP) is 1.14. The van der Waals surface area contributed by atoms with E-state index in [1.807, 2.05) is 12.2 Å². The molecule has 0 fully saturated rings.